The van der Waals surface area contributed by atoms with Crippen LogP contribution in [0.5, 0.6) is 5.75 Å². The van der Waals surface area contributed by atoms with E-state index >= 15 is 0 Å². The molecule has 0 fully saturated rings. The number of nitrogens with one attached hydrogen (secondary N) is 2. The summed E-state index contributed by atoms with van der Waals surface area (Å²) < 4.78 is 39.6. The van der Waals surface area contributed by atoms with Crippen LogP contribution < -0.4 is 10.9 Å². The lowest BCUT2D eigenvalue weighted by molar-refractivity contribution is -0.137. The minimum atomic E-state index is -4.49. The summed E-state index contributed by atoms with van der Waals surface area (Å²) in [6.45, 7) is 0. The van der Waals surface area contributed by atoms with Crippen molar-refractivity contribution in [3.05, 3.63) is 88.3 Å². The third-order valence-electron chi connectivity index (χ3n) is 4.48. The average Bonchev–Trinajstić information content (AvgIpc) is 3.12. The Morgan fingerprint density at radius 3 is 2.40 bits per heavy atom. The lowest BCUT2D eigenvalue weighted by Crippen LogP contribution is -2.18. The molecule has 0 atom stereocenters. The lowest BCUT2D eigenvalue weighted by Gasteiger charge is -2.10. The molecule has 2 heterocycles. The van der Waals surface area contributed by atoms with E-state index in [2.05, 4.69) is 10.3 Å². The quantitative estimate of drug-likeness (QED) is 0.468. The molecule has 9 heteroatoms. The monoisotopic (exact) mass is 413 g/mol. The fraction of sp³-hybridized carbons (Fsp3) is 0.0476. The molecule has 0 radical (unpaired) electrons. The zero-order chi connectivity index (χ0) is 21.5. The molecule has 0 bridgehead atoms. The standard InChI is InChI=1S/C21H14F3N3O3/c22-21(23,24)13-5-7-15(8-6-13)27-18(29)9-4-12-10-17(26-19(12)27)20(30)25-14-2-1-3-16(28)11-14/h1-11,26,28H,(H,25,30). The number of halogens is 3. The number of fused-ring (bicyclic) bond motifs is 1. The van der Waals surface area contributed by atoms with E-state index in [1.807, 2.05) is 0 Å². The minimum Gasteiger partial charge on any atom is -0.508 e. The molecule has 4 aromatic rings. The number of hydrogen-bond acceptors (Lipinski definition) is 3. The molecular weight excluding hydrogens is 399 g/mol. The van der Waals surface area contributed by atoms with Crippen molar-refractivity contribution in [1.29, 1.82) is 0 Å². The number of nitrogens with zero attached hydrogens (tertiary/aromatic N) is 1. The molecule has 1 amide bonds. The Balaban J connectivity index is 1.73. The Kier molecular flexibility index (Phi) is 4.57. The third kappa shape index (κ3) is 3.64. The number of hydrogen-bond donors (Lipinski definition) is 3. The van der Waals surface area contributed by atoms with E-state index in [9.17, 15) is 27.9 Å². The number of phenols is 1. The fourth-order valence-corrected chi connectivity index (χ4v) is 3.08. The summed E-state index contributed by atoms with van der Waals surface area (Å²) in [4.78, 5) is 27.8. The van der Waals surface area contributed by atoms with E-state index in [1.165, 1.54) is 47.0 Å². The number of aromatic amines is 1. The number of H-pyrrole nitrogens is 1. The van der Waals surface area contributed by atoms with E-state index in [0.717, 1.165) is 12.1 Å². The predicted molar refractivity (Wildman–Crippen MR) is 105 cm³/mol. The Morgan fingerprint density at radius 1 is 1.00 bits per heavy atom. The van der Waals surface area contributed by atoms with Crippen molar-refractivity contribution < 1.29 is 23.1 Å². The first-order chi connectivity index (χ1) is 14.2. The molecule has 3 N–H and O–H groups in total. The molecule has 2 aromatic carbocycles. The molecule has 0 spiro atoms. The van der Waals surface area contributed by atoms with Gasteiger partial charge in [0.05, 0.1) is 11.3 Å². The molecule has 0 aliphatic heterocycles. The van der Waals surface area contributed by atoms with Gasteiger partial charge in [-0.15, -0.1) is 0 Å². The largest absolute Gasteiger partial charge is 0.508 e. The van der Waals surface area contributed by atoms with Crippen LogP contribution in [0.4, 0.5) is 18.9 Å². The van der Waals surface area contributed by atoms with Gasteiger partial charge in [-0.05, 0) is 48.5 Å². The number of carbonyl (C=O) groups excluding carboxylic acids is 1. The summed E-state index contributed by atoms with van der Waals surface area (Å²) >= 11 is 0. The van der Waals surface area contributed by atoms with Gasteiger partial charge in [0.15, 0.2) is 0 Å². The highest BCUT2D eigenvalue weighted by atomic mass is 19.4. The first-order valence-electron chi connectivity index (χ1n) is 8.75. The molecule has 6 nitrogen and oxygen atoms in total. The van der Waals surface area contributed by atoms with Gasteiger partial charge in [0.1, 0.15) is 17.1 Å². The molecule has 152 valence electrons. The van der Waals surface area contributed by atoms with Crippen molar-refractivity contribution in [2.75, 3.05) is 5.32 Å². The maximum Gasteiger partial charge on any atom is 0.416 e. The zero-order valence-corrected chi connectivity index (χ0v) is 15.2. The molecule has 0 saturated heterocycles. The molecule has 2 aromatic heterocycles. The van der Waals surface area contributed by atoms with Crippen molar-refractivity contribution in [1.82, 2.24) is 9.55 Å². The SMILES string of the molecule is O=C(Nc1cccc(O)c1)c1cc2ccc(=O)n(-c3ccc(C(F)(F)F)cc3)c2[nH]1. The number of aromatic nitrogens is 2. The number of alkyl halides is 3. The number of phenolic OH excluding ortho intramolecular Hbond substituents is 1. The fourth-order valence-electron chi connectivity index (χ4n) is 3.08. The number of aromatic hydroxyl groups is 1. The number of amides is 1. The molecular formula is C21H14F3N3O3. The molecule has 0 unspecified atom stereocenters. The summed E-state index contributed by atoms with van der Waals surface area (Å²) in [6.07, 6.45) is -4.49. The highest BCUT2D eigenvalue weighted by Crippen LogP contribution is 2.30. The van der Waals surface area contributed by atoms with Gasteiger partial charge in [-0.3, -0.25) is 14.2 Å². The van der Waals surface area contributed by atoms with Crippen molar-refractivity contribution in [3.8, 4) is 11.4 Å². The summed E-state index contributed by atoms with van der Waals surface area (Å²) in [5.74, 6) is -0.524. The third-order valence-corrected chi connectivity index (χ3v) is 4.48. The Morgan fingerprint density at radius 2 is 1.73 bits per heavy atom. The Labute approximate surface area is 167 Å². The van der Waals surface area contributed by atoms with Gasteiger partial charge in [-0.25, -0.2) is 0 Å². The van der Waals surface area contributed by atoms with Crippen molar-refractivity contribution in [3.63, 3.8) is 0 Å². The van der Waals surface area contributed by atoms with Crippen LogP contribution in [0.1, 0.15) is 16.1 Å². The molecule has 0 aliphatic carbocycles. The van der Waals surface area contributed by atoms with E-state index in [1.54, 1.807) is 12.1 Å². The van der Waals surface area contributed by atoms with Crippen LogP contribution in [0.25, 0.3) is 16.7 Å². The minimum absolute atomic E-state index is 0.0133. The van der Waals surface area contributed by atoms with Gasteiger partial charge >= 0.3 is 6.18 Å². The normalized spacial score (nSPS) is 11.6. The summed E-state index contributed by atoms with van der Waals surface area (Å²) in [6, 6.07) is 14.5. The maximum absolute atomic E-state index is 12.8. The maximum atomic E-state index is 12.8. The van der Waals surface area contributed by atoms with Crippen LogP contribution in [0.15, 0.2) is 71.5 Å². The Hall–Kier alpha value is -4.01. The predicted octanol–water partition coefficient (Wildman–Crippen LogP) is 4.30. The van der Waals surface area contributed by atoms with Gasteiger partial charge in [0.25, 0.3) is 11.5 Å². The van der Waals surface area contributed by atoms with Gasteiger partial charge in [-0.1, -0.05) is 6.07 Å². The van der Waals surface area contributed by atoms with Crippen LogP contribution in [0.3, 0.4) is 0 Å². The second-order valence-electron chi connectivity index (χ2n) is 6.54. The second-order valence-corrected chi connectivity index (χ2v) is 6.54. The molecule has 30 heavy (non-hydrogen) atoms. The van der Waals surface area contributed by atoms with Gasteiger partial charge < -0.3 is 15.4 Å². The highest BCUT2D eigenvalue weighted by molar-refractivity contribution is 6.05. The first kappa shape index (κ1) is 19.3. The van der Waals surface area contributed by atoms with E-state index in [0.29, 0.717) is 11.1 Å². The van der Waals surface area contributed by atoms with E-state index < -0.39 is 23.2 Å². The number of rotatable bonds is 3. The lowest BCUT2D eigenvalue weighted by atomic mass is 10.2. The molecule has 4 rings (SSSR count). The van der Waals surface area contributed by atoms with Crippen LogP contribution in [-0.2, 0) is 6.18 Å². The van der Waals surface area contributed by atoms with Crippen LogP contribution in [-0.4, -0.2) is 20.6 Å². The molecule has 0 saturated carbocycles. The Bertz CT molecular complexity index is 1310. The smallest absolute Gasteiger partial charge is 0.416 e. The zero-order valence-electron chi connectivity index (χ0n) is 15.2. The topological polar surface area (TPSA) is 87.1 Å². The van der Waals surface area contributed by atoms with E-state index in [-0.39, 0.29) is 22.8 Å². The van der Waals surface area contributed by atoms with Gasteiger partial charge in [0, 0.05) is 23.2 Å². The highest BCUT2D eigenvalue weighted by Gasteiger charge is 2.30. The van der Waals surface area contributed by atoms with Gasteiger partial charge in [0.2, 0.25) is 0 Å². The van der Waals surface area contributed by atoms with Gasteiger partial charge in [-0.2, -0.15) is 13.2 Å². The number of carbonyl (C=O) groups is 1. The summed E-state index contributed by atoms with van der Waals surface area (Å²) in [5, 5.41) is 12.6. The number of benzene rings is 2. The van der Waals surface area contributed by atoms with Crippen LogP contribution in [0, 0.1) is 0 Å². The number of pyridine rings is 1. The van der Waals surface area contributed by atoms with Crippen molar-refractivity contribution >= 4 is 22.6 Å². The van der Waals surface area contributed by atoms with E-state index in [4.69, 9.17) is 0 Å². The van der Waals surface area contributed by atoms with Crippen LogP contribution in [0.2, 0.25) is 0 Å². The molecule has 0 aliphatic rings. The first-order valence-corrected chi connectivity index (χ1v) is 8.75. The average molecular weight is 413 g/mol. The van der Waals surface area contributed by atoms with Crippen molar-refractivity contribution in [2.45, 2.75) is 6.18 Å². The summed E-state index contributed by atoms with van der Waals surface area (Å²) in [7, 11) is 0. The number of anilines is 1. The second kappa shape index (κ2) is 7.11. The van der Waals surface area contributed by atoms with Crippen LogP contribution >= 0.6 is 0 Å². The van der Waals surface area contributed by atoms with Crippen molar-refractivity contribution in [2.24, 2.45) is 0 Å². The summed E-state index contributed by atoms with van der Waals surface area (Å²) in [5.41, 5.74) is -0.296.